The fourth-order valence-electron chi connectivity index (χ4n) is 1.65. The van der Waals surface area contributed by atoms with Gasteiger partial charge in [0.25, 0.3) is 0 Å². The van der Waals surface area contributed by atoms with Crippen LogP contribution in [0.25, 0.3) is 0 Å². The first kappa shape index (κ1) is 14.4. The molecule has 2 unspecified atom stereocenters. The largest absolute Gasteiger partial charge is 0.469 e. The average Bonchev–Trinajstić information content (AvgIpc) is 2.37. The molecule has 1 aromatic rings. The molecule has 0 radical (unpaired) electrons. The van der Waals surface area contributed by atoms with Gasteiger partial charge in [-0.1, -0.05) is 6.07 Å². The van der Waals surface area contributed by atoms with Gasteiger partial charge in [-0.2, -0.15) is 0 Å². The average molecular weight is 250 g/mol. The second-order valence-electron chi connectivity index (χ2n) is 4.69. The first-order valence-corrected chi connectivity index (χ1v) is 6.07. The summed E-state index contributed by atoms with van der Waals surface area (Å²) in [5.41, 5.74) is 2.13. The first-order chi connectivity index (χ1) is 8.45. The number of rotatable bonds is 5. The van der Waals surface area contributed by atoms with Gasteiger partial charge < -0.3 is 15.0 Å². The number of hydrogen-bond donors (Lipinski definition) is 1. The van der Waals surface area contributed by atoms with Crippen LogP contribution in [0.2, 0.25) is 0 Å². The molecule has 0 aromatic heterocycles. The lowest BCUT2D eigenvalue weighted by atomic mass is 10.0. The van der Waals surface area contributed by atoms with E-state index in [1.807, 2.05) is 51.0 Å². The van der Waals surface area contributed by atoms with Crippen molar-refractivity contribution < 1.29 is 9.53 Å². The standard InChI is InChI=1S/C14H22N2O2/c1-10(14(17)18-5)11(2)15-12-7-6-8-13(9-12)16(3)4/h6-11,15H,1-5H3. The van der Waals surface area contributed by atoms with Gasteiger partial charge in [-0.25, -0.2) is 0 Å². The van der Waals surface area contributed by atoms with E-state index in [0.29, 0.717) is 0 Å². The lowest BCUT2D eigenvalue weighted by Gasteiger charge is -2.21. The van der Waals surface area contributed by atoms with Gasteiger partial charge >= 0.3 is 5.97 Å². The van der Waals surface area contributed by atoms with Crippen molar-refractivity contribution in [2.24, 2.45) is 5.92 Å². The van der Waals surface area contributed by atoms with Crippen molar-refractivity contribution in [2.45, 2.75) is 19.9 Å². The summed E-state index contributed by atoms with van der Waals surface area (Å²) in [4.78, 5) is 13.5. The maximum Gasteiger partial charge on any atom is 0.310 e. The minimum Gasteiger partial charge on any atom is -0.469 e. The first-order valence-electron chi connectivity index (χ1n) is 6.07. The minimum absolute atomic E-state index is 0.0230. The van der Waals surface area contributed by atoms with Crippen molar-refractivity contribution in [3.8, 4) is 0 Å². The quantitative estimate of drug-likeness (QED) is 0.815. The number of benzene rings is 1. The van der Waals surface area contributed by atoms with Crippen LogP contribution in [0.1, 0.15) is 13.8 Å². The van der Waals surface area contributed by atoms with Crippen LogP contribution in [-0.2, 0) is 9.53 Å². The van der Waals surface area contributed by atoms with Crippen LogP contribution < -0.4 is 10.2 Å². The molecule has 4 heteroatoms. The van der Waals surface area contributed by atoms with E-state index in [2.05, 4.69) is 11.4 Å². The van der Waals surface area contributed by atoms with E-state index < -0.39 is 0 Å². The molecule has 100 valence electrons. The zero-order valence-electron chi connectivity index (χ0n) is 11.7. The van der Waals surface area contributed by atoms with Gasteiger partial charge in [0.1, 0.15) is 0 Å². The molecule has 0 saturated carbocycles. The molecule has 1 aromatic carbocycles. The molecule has 0 saturated heterocycles. The number of ether oxygens (including phenoxy) is 1. The van der Waals surface area contributed by atoms with Crippen molar-refractivity contribution in [3.05, 3.63) is 24.3 Å². The Morgan fingerprint density at radius 1 is 1.33 bits per heavy atom. The number of nitrogens with one attached hydrogen (secondary N) is 1. The number of hydrogen-bond acceptors (Lipinski definition) is 4. The Morgan fingerprint density at radius 3 is 2.56 bits per heavy atom. The molecule has 0 fully saturated rings. The van der Waals surface area contributed by atoms with Crippen LogP contribution in [0.4, 0.5) is 11.4 Å². The number of nitrogens with zero attached hydrogens (tertiary/aromatic N) is 1. The molecule has 2 atom stereocenters. The number of esters is 1. The molecule has 1 N–H and O–H groups in total. The topological polar surface area (TPSA) is 41.6 Å². The third-order valence-corrected chi connectivity index (χ3v) is 3.08. The van der Waals surface area contributed by atoms with Gasteiger partial charge in [-0.3, -0.25) is 4.79 Å². The molecule has 0 heterocycles. The van der Waals surface area contributed by atoms with Crippen molar-refractivity contribution >= 4 is 17.3 Å². The maximum absolute atomic E-state index is 11.4. The molecule has 0 aliphatic carbocycles. The summed E-state index contributed by atoms with van der Waals surface area (Å²) in [6.45, 7) is 3.84. The molecule has 4 nitrogen and oxygen atoms in total. The predicted octanol–water partition coefficient (Wildman–Crippen LogP) is 2.36. The summed E-state index contributed by atoms with van der Waals surface area (Å²) in [5.74, 6) is -0.378. The van der Waals surface area contributed by atoms with Gasteiger partial charge in [0.15, 0.2) is 0 Å². The summed E-state index contributed by atoms with van der Waals surface area (Å²) >= 11 is 0. The highest BCUT2D eigenvalue weighted by Crippen LogP contribution is 2.19. The highest BCUT2D eigenvalue weighted by atomic mass is 16.5. The van der Waals surface area contributed by atoms with Crippen molar-refractivity contribution in [1.29, 1.82) is 0 Å². The molecular formula is C14H22N2O2. The van der Waals surface area contributed by atoms with Gasteiger partial charge in [-0.15, -0.1) is 0 Å². The van der Waals surface area contributed by atoms with E-state index in [-0.39, 0.29) is 17.9 Å². The van der Waals surface area contributed by atoms with Crippen molar-refractivity contribution in [2.75, 3.05) is 31.4 Å². The van der Waals surface area contributed by atoms with E-state index in [1.54, 1.807) is 0 Å². The van der Waals surface area contributed by atoms with Crippen LogP contribution >= 0.6 is 0 Å². The summed E-state index contributed by atoms with van der Waals surface area (Å²) in [6.07, 6.45) is 0. The third kappa shape index (κ3) is 3.65. The maximum atomic E-state index is 11.4. The summed E-state index contributed by atoms with van der Waals surface area (Å²) in [7, 11) is 5.41. The fraction of sp³-hybridized carbons (Fsp3) is 0.500. The van der Waals surface area contributed by atoms with Crippen LogP contribution in [0, 0.1) is 5.92 Å². The van der Waals surface area contributed by atoms with Gasteiger partial charge in [0.05, 0.1) is 13.0 Å². The Bertz CT molecular complexity index is 405. The Morgan fingerprint density at radius 2 is 2.00 bits per heavy atom. The van der Waals surface area contributed by atoms with E-state index in [0.717, 1.165) is 11.4 Å². The Hall–Kier alpha value is -1.71. The third-order valence-electron chi connectivity index (χ3n) is 3.08. The molecule has 1 rings (SSSR count). The minimum atomic E-state index is -0.196. The molecule has 0 spiro atoms. The predicted molar refractivity (Wildman–Crippen MR) is 75.0 cm³/mol. The lowest BCUT2D eigenvalue weighted by Crippen LogP contribution is -2.30. The van der Waals surface area contributed by atoms with E-state index in [4.69, 9.17) is 4.74 Å². The highest BCUT2D eigenvalue weighted by Gasteiger charge is 2.20. The Kier molecular flexibility index (Phi) is 5.01. The lowest BCUT2D eigenvalue weighted by molar-refractivity contribution is -0.145. The number of anilines is 2. The molecule has 0 aliphatic heterocycles. The van der Waals surface area contributed by atoms with Crippen LogP contribution in [0.15, 0.2) is 24.3 Å². The fourth-order valence-corrected chi connectivity index (χ4v) is 1.65. The second kappa shape index (κ2) is 6.28. The highest BCUT2D eigenvalue weighted by molar-refractivity contribution is 5.73. The van der Waals surface area contributed by atoms with Gasteiger partial charge in [0.2, 0.25) is 0 Å². The van der Waals surface area contributed by atoms with Crippen molar-refractivity contribution in [1.82, 2.24) is 0 Å². The molecular weight excluding hydrogens is 228 g/mol. The van der Waals surface area contributed by atoms with Crippen molar-refractivity contribution in [3.63, 3.8) is 0 Å². The van der Waals surface area contributed by atoms with E-state index in [1.165, 1.54) is 7.11 Å². The normalized spacial score (nSPS) is 13.6. The molecule has 18 heavy (non-hydrogen) atoms. The molecule has 0 aliphatic rings. The zero-order chi connectivity index (χ0) is 13.7. The van der Waals surface area contributed by atoms with Crippen LogP contribution in [0.3, 0.4) is 0 Å². The monoisotopic (exact) mass is 250 g/mol. The smallest absolute Gasteiger partial charge is 0.310 e. The second-order valence-corrected chi connectivity index (χ2v) is 4.69. The summed E-state index contributed by atoms with van der Waals surface area (Å²) < 4.78 is 4.75. The van der Waals surface area contributed by atoms with E-state index >= 15 is 0 Å². The molecule has 0 bridgehead atoms. The van der Waals surface area contributed by atoms with Gasteiger partial charge in [-0.05, 0) is 32.0 Å². The van der Waals surface area contributed by atoms with Gasteiger partial charge in [0, 0.05) is 31.5 Å². The number of carbonyl (C=O) groups is 1. The SMILES string of the molecule is COC(=O)C(C)C(C)Nc1cccc(N(C)C)c1. The Labute approximate surface area is 109 Å². The summed E-state index contributed by atoms with van der Waals surface area (Å²) in [6, 6.07) is 8.11. The zero-order valence-corrected chi connectivity index (χ0v) is 11.7. The van der Waals surface area contributed by atoms with E-state index in [9.17, 15) is 4.79 Å². The van der Waals surface area contributed by atoms with Crippen LogP contribution in [-0.4, -0.2) is 33.2 Å². The number of methoxy groups -OCH3 is 1. The number of carbonyl (C=O) groups excluding carboxylic acids is 1. The Balaban J connectivity index is 2.72. The summed E-state index contributed by atoms with van der Waals surface area (Å²) in [5, 5.41) is 3.32. The van der Waals surface area contributed by atoms with Crippen LogP contribution in [0.5, 0.6) is 0 Å². The molecule has 0 amide bonds.